The van der Waals surface area contributed by atoms with Crippen LogP contribution in [0.3, 0.4) is 0 Å². The lowest BCUT2D eigenvalue weighted by Crippen LogP contribution is -2.27. The van der Waals surface area contributed by atoms with Crippen molar-refractivity contribution in [3.8, 4) is 0 Å². The summed E-state index contributed by atoms with van der Waals surface area (Å²) >= 11 is 0. The third-order valence-corrected chi connectivity index (χ3v) is 4.51. The molecule has 2 nitrogen and oxygen atoms in total. The van der Waals surface area contributed by atoms with Gasteiger partial charge in [0.05, 0.1) is 0 Å². The Morgan fingerprint density at radius 2 is 1.84 bits per heavy atom. The van der Waals surface area contributed by atoms with Gasteiger partial charge >= 0.3 is 0 Å². The van der Waals surface area contributed by atoms with Gasteiger partial charge < -0.3 is 5.32 Å². The molecule has 0 heterocycles. The highest BCUT2D eigenvalue weighted by Gasteiger charge is 2.26. The van der Waals surface area contributed by atoms with Crippen LogP contribution in [0.25, 0.3) is 0 Å². The summed E-state index contributed by atoms with van der Waals surface area (Å²) in [6, 6.07) is 8.10. The topological polar surface area (TPSA) is 29.1 Å². The smallest absolute Gasteiger partial charge is 0.166 e. The predicted octanol–water partition coefficient (Wildman–Crippen LogP) is 3.21. The Labute approximate surface area is 115 Å². The minimum Gasteiger partial charge on any atom is -0.317 e. The lowest BCUT2D eigenvalue weighted by atomic mass is 9.81. The van der Waals surface area contributed by atoms with Crippen LogP contribution in [0.2, 0.25) is 0 Å². The molecule has 3 rings (SSSR count). The van der Waals surface area contributed by atoms with Crippen molar-refractivity contribution in [1.82, 2.24) is 5.32 Å². The first-order chi connectivity index (χ1) is 9.34. The van der Waals surface area contributed by atoms with Crippen molar-refractivity contribution in [3.05, 3.63) is 35.4 Å². The molecule has 1 fully saturated rings. The van der Waals surface area contributed by atoms with E-state index in [4.69, 9.17) is 0 Å². The SMILES string of the molecule is O=C1c2ccccc2CCC1CCNCCC1CC1. The fraction of sp³-hybridized carbons (Fsp3) is 0.588. The Bertz CT molecular complexity index is 450. The zero-order chi connectivity index (χ0) is 13.1. The number of carbonyl (C=O) groups excluding carboxylic acids is 1. The number of fused-ring (bicyclic) bond motifs is 1. The molecule has 0 bridgehead atoms. The number of rotatable bonds is 6. The van der Waals surface area contributed by atoms with Crippen LogP contribution in [-0.2, 0) is 6.42 Å². The van der Waals surface area contributed by atoms with E-state index in [0.717, 1.165) is 43.8 Å². The zero-order valence-corrected chi connectivity index (χ0v) is 11.5. The Morgan fingerprint density at radius 1 is 1.05 bits per heavy atom. The molecule has 1 aromatic rings. The summed E-state index contributed by atoms with van der Waals surface area (Å²) in [4.78, 5) is 12.4. The number of hydrogen-bond donors (Lipinski definition) is 1. The van der Waals surface area contributed by atoms with Gasteiger partial charge in [0.1, 0.15) is 0 Å². The highest BCUT2D eigenvalue weighted by molar-refractivity contribution is 6.00. The molecule has 19 heavy (non-hydrogen) atoms. The summed E-state index contributed by atoms with van der Waals surface area (Å²) < 4.78 is 0. The lowest BCUT2D eigenvalue weighted by molar-refractivity contribution is 0.0894. The maximum Gasteiger partial charge on any atom is 0.166 e. The normalized spacial score (nSPS) is 22.3. The van der Waals surface area contributed by atoms with Crippen molar-refractivity contribution in [1.29, 1.82) is 0 Å². The molecule has 102 valence electrons. The van der Waals surface area contributed by atoms with Gasteiger partial charge in [-0.3, -0.25) is 4.79 Å². The van der Waals surface area contributed by atoms with Crippen LogP contribution in [0.1, 0.15) is 48.0 Å². The van der Waals surface area contributed by atoms with E-state index in [-0.39, 0.29) is 5.92 Å². The molecule has 1 aromatic carbocycles. The number of ketones is 1. The second-order valence-corrected chi connectivity index (χ2v) is 6.03. The summed E-state index contributed by atoms with van der Waals surface area (Å²) in [7, 11) is 0. The largest absolute Gasteiger partial charge is 0.317 e. The van der Waals surface area contributed by atoms with Crippen molar-refractivity contribution in [2.24, 2.45) is 11.8 Å². The molecule has 1 unspecified atom stereocenters. The Balaban J connectivity index is 1.45. The van der Waals surface area contributed by atoms with E-state index in [1.807, 2.05) is 18.2 Å². The predicted molar refractivity (Wildman–Crippen MR) is 77.4 cm³/mol. The van der Waals surface area contributed by atoms with Crippen molar-refractivity contribution >= 4 is 5.78 Å². The van der Waals surface area contributed by atoms with Gasteiger partial charge in [-0.2, -0.15) is 0 Å². The Kier molecular flexibility index (Phi) is 3.97. The molecule has 2 heteroatoms. The van der Waals surface area contributed by atoms with Crippen LogP contribution in [0.4, 0.5) is 0 Å². The van der Waals surface area contributed by atoms with Crippen molar-refractivity contribution in [3.63, 3.8) is 0 Å². The maximum absolute atomic E-state index is 12.4. The van der Waals surface area contributed by atoms with E-state index in [2.05, 4.69) is 11.4 Å². The first kappa shape index (κ1) is 12.9. The zero-order valence-electron chi connectivity index (χ0n) is 11.5. The van der Waals surface area contributed by atoms with E-state index in [9.17, 15) is 4.79 Å². The third-order valence-electron chi connectivity index (χ3n) is 4.51. The standard InChI is InChI=1S/C17H23NO/c19-17-15(10-12-18-11-9-13-5-6-13)8-7-14-3-1-2-4-16(14)17/h1-4,13,15,18H,5-12H2. The number of aryl methyl sites for hydroxylation is 1. The molecule has 0 aliphatic heterocycles. The van der Waals surface area contributed by atoms with E-state index in [1.165, 1.54) is 24.8 Å². The van der Waals surface area contributed by atoms with Gasteiger partial charge in [-0.1, -0.05) is 37.1 Å². The van der Waals surface area contributed by atoms with Gasteiger partial charge in [-0.15, -0.1) is 0 Å². The molecule has 0 aromatic heterocycles. The monoisotopic (exact) mass is 257 g/mol. The average Bonchev–Trinajstić information content (AvgIpc) is 3.25. The van der Waals surface area contributed by atoms with E-state index < -0.39 is 0 Å². The number of benzene rings is 1. The summed E-state index contributed by atoms with van der Waals surface area (Å²) in [5, 5.41) is 3.50. The van der Waals surface area contributed by atoms with Crippen LogP contribution < -0.4 is 5.32 Å². The fourth-order valence-corrected chi connectivity index (χ4v) is 3.05. The highest BCUT2D eigenvalue weighted by Crippen LogP contribution is 2.31. The first-order valence-electron chi connectivity index (χ1n) is 7.67. The molecule has 0 saturated heterocycles. The summed E-state index contributed by atoms with van der Waals surface area (Å²) in [5.41, 5.74) is 2.21. The minimum absolute atomic E-state index is 0.239. The molecular weight excluding hydrogens is 234 g/mol. The fourth-order valence-electron chi connectivity index (χ4n) is 3.05. The molecule has 1 saturated carbocycles. The quantitative estimate of drug-likeness (QED) is 0.793. The Morgan fingerprint density at radius 3 is 2.68 bits per heavy atom. The van der Waals surface area contributed by atoms with Gasteiger partial charge in [0.2, 0.25) is 0 Å². The van der Waals surface area contributed by atoms with Crippen LogP contribution in [-0.4, -0.2) is 18.9 Å². The maximum atomic E-state index is 12.4. The lowest BCUT2D eigenvalue weighted by Gasteiger charge is -2.23. The van der Waals surface area contributed by atoms with E-state index >= 15 is 0 Å². The molecule has 2 aliphatic carbocycles. The minimum atomic E-state index is 0.239. The van der Waals surface area contributed by atoms with Crippen LogP contribution in [0.15, 0.2) is 24.3 Å². The molecular formula is C17H23NO. The second kappa shape index (κ2) is 5.87. The van der Waals surface area contributed by atoms with Crippen molar-refractivity contribution < 1.29 is 4.79 Å². The van der Waals surface area contributed by atoms with Gasteiger partial charge in [0, 0.05) is 11.5 Å². The number of carbonyl (C=O) groups is 1. The number of Topliss-reactive ketones (excluding diaryl/α,β-unsaturated/α-hetero) is 1. The summed E-state index contributed by atoms with van der Waals surface area (Å²) in [6.45, 7) is 2.12. The molecule has 0 amide bonds. The number of hydrogen-bond acceptors (Lipinski definition) is 2. The summed E-state index contributed by atoms with van der Waals surface area (Å²) in [6.07, 6.45) is 7.27. The third kappa shape index (κ3) is 3.24. The summed E-state index contributed by atoms with van der Waals surface area (Å²) in [5.74, 6) is 1.60. The van der Waals surface area contributed by atoms with Crippen LogP contribution in [0, 0.1) is 11.8 Å². The van der Waals surface area contributed by atoms with E-state index in [1.54, 1.807) is 0 Å². The molecule has 1 N–H and O–H groups in total. The second-order valence-electron chi connectivity index (χ2n) is 6.03. The molecule has 2 aliphatic rings. The van der Waals surface area contributed by atoms with Crippen molar-refractivity contribution in [2.45, 2.75) is 38.5 Å². The van der Waals surface area contributed by atoms with E-state index in [0.29, 0.717) is 5.78 Å². The van der Waals surface area contributed by atoms with Gasteiger partial charge in [0.25, 0.3) is 0 Å². The Hall–Kier alpha value is -1.15. The van der Waals surface area contributed by atoms with Crippen LogP contribution >= 0.6 is 0 Å². The van der Waals surface area contributed by atoms with Gasteiger partial charge in [-0.25, -0.2) is 0 Å². The molecule has 0 radical (unpaired) electrons. The van der Waals surface area contributed by atoms with Gasteiger partial charge in [-0.05, 0) is 50.3 Å². The molecule has 0 spiro atoms. The van der Waals surface area contributed by atoms with Gasteiger partial charge in [0.15, 0.2) is 5.78 Å². The highest BCUT2D eigenvalue weighted by atomic mass is 16.1. The van der Waals surface area contributed by atoms with Crippen LogP contribution in [0.5, 0.6) is 0 Å². The number of nitrogens with one attached hydrogen (secondary N) is 1. The molecule has 1 atom stereocenters. The average molecular weight is 257 g/mol. The van der Waals surface area contributed by atoms with Crippen molar-refractivity contribution in [2.75, 3.05) is 13.1 Å². The first-order valence-corrected chi connectivity index (χ1v) is 7.67.